The zero-order valence-corrected chi connectivity index (χ0v) is 12.9. The molecular weight excluding hydrogens is 293 g/mol. The van der Waals surface area contributed by atoms with E-state index in [1.165, 1.54) is 12.1 Å². The second-order valence-electron chi connectivity index (χ2n) is 5.33. The summed E-state index contributed by atoms with van der Waals surface area (Å²) in [6.45, 7) is 5.69. The monoisotopic (exact) mass is 309 g/mol. The maximum Gasteiger partial charge on any atom is 0.181 e. The van der Waals surface area contributed by atoms with Gasteiger partial charge in [-0.3, -0.25) is 0 Å². The fraction of sp³-hybridized carbons (Fsp3) is 0.500. The molecule has 0 amide bonds. The van der Waals surface area contributed by atoms with Gasteiger partial charge >= 0.3 is 0 Å². The minimum absolute atomic E-state index is 0.0383. The summed E-state index contributed by atoms with van der Waals surface area (Å²) in [7, 11) is -3.54. The van der Waals surface area contributed by atoms with Crippen LogP contribution >= 0.6 is 23.2 Å². The van der Waals surface area contributed by atoms with Crippen molar-refractivity contribution in [3.8, 4) is 0 Å². The minimum Gasteiger partial charge on any atom is -0.326 e. The van der Waals surface area contributed by atoms with Crippen LogP contribution in [0, 0.1) is 5.41 Å². The normalized spacial score (nSPS) is 14.6. The Kier molecular flexibility index (Phi) is 4.70. The van der Waals surface area contributed by atoms with Crippen molar-refractivity contribution in [1.82, 2.24) is 0 Å². The molecule has 0 aliphatic heterocycles. The Labute approximate surface area is 118 Å². The Morgan fingerprint density at radius 2 is 1.83 bits per heavy atom. The van der Waals surface area contributed by atoms with Crippen molar-refractivity contribution in [2.45, 2.75) is 31.7 Å². The fourth-order valence-corrected chi connectivity index (χ4v) is 3.82. The van der Waals surface area contributed by atoms with Gasteiger partial charge in [-0.2, -0.15) is 0 Å². The molecular formula is C12H17Cl2NO2S. The predicted octanol–water partition coefficient (Wildman–Crippen LogP) is 3.14. The van der Waals surface area contributed by atoms with Gasteiger partial charge in [-0.1, -0.05) is 44.0 Å². The molecule has 1 rings (SSSR count). The van der Waals surface area contributed by atoms with Crippen molar-refractivity contribution in [2.24, 2.45) is 11.1 Å². The number of hydrogen-bond acceptors (Lipinski definition) is 3. The first-order chi connectivity index (χ1) is 8.04. The number of halogens is 2. The molecule has 3 nitrogen and oxygen atoms in total. The molecule has 0 aliphatic rings. The zero-order valence-electron chi connectivity index (χ0n) is 10.6. The summed E-state index contributed by atoms with van der Waals surface area (Å²) in [6.07, 6.45) is 0. The number of nitrogens with two attached hydrogens (primary N) is 1. The van der Waals surface area contributed by atoms with Crippen LogP contribution in [0.5, 0.6) is 0 Å². The van der Waals surface area contributed by atoms with Gasteiger partial charge in [0.15, 0.2) is 9.84 Å². The molecule has 0 saturated heterocycles. The van der Waals surface area contributed by atoms with Gasteiger partial charge in [0.25, 0.3) is 0 Å². The number of sulfone groups is 1. The highest BCUT2D eigenvalue weighted by molar-refractivity contribution is 7.91. The first-order valence-electron chi connectivity index (χ1n) is 5.47. The topological polar surface area (TPSA) is 60.2 Å². The summed E-state index contributed by atoms with van der Waals surface area (Å²) < 4.78 is 24.5. The van der Waals surface area contributed by atoms with Gasteiger partial charge in [0.1, 0.15) is 0 Å². The molecule has 0 spiro atoms. The Bertz CT molecular complexity index is 535. The third-order valence-electron chi connectivity index (χ3n) is 2.74. The Morgan fingerprint density at radius 1 is 1.28 bits per heavy atom. The average molecular weight is 310 g/mol. The standard InChI is InChI=1S/C12H17Cl2NO2S/c1-12(2,3)11(15)7-18(16,17)10-6-8(13)4-5-9(10)14/h4-6,11H,7,15H2,1-3H3. The van der Waals surface area contributed by atoms with Gasteiger partial charge in [0.2, 0.25) is 0 Å². The van der Waals surface area contributed by atoms with Gasteiger partial charge < -0.3 is 5.73 Å². The van der Waals surface area contributed by atoms with E-state index in [9.17, 15) is 8.42 Å². The number of benzene rings is 1. The molecule has 1 atom stereocenters. The highest BCUT2D eigenvalue weighted by Crippen LogP contribution is 2.28. The summed E-state index contributed by atoms with van der Waals surface area (Å²) in [5.41, 5.74) is 5.61. The molecule has 102 valence electrons. The largest absolute Gasteiger partial charge is 0.326 e. The van der Waals surface area contributed by atoms with Crippen molar-refractivity contribution >= 4 is 33.0 Å². The molecule has 0 fully saturated rings. The molecule has 0 saturated carbocycles. The minimum atomic E-state index is -3.54. The van der Waals surface area contributed by atoms with Gasteiger partial charge in [-0.05, 0) is 23.6 Å². The maximum atomic E-state index is 12.2. The smallest absolute Gasteiger partial charge is 0.181 e. The SMILES string of the molecule is CC(C)(C)C(N)CS(=O)(=O)c1cc(Cl)ccc1Cl. The average Bonchev–Trinajstić information content (AvgIpc) is 2.19. The van der Waals surface area contributed by atoms with Gasteiger partial charge in [-0.15, -0.1) is 0 Å². The van der Waals surface area contributed by atoms with E-state index < -0.39 is 15.9 Å². The number of hydrogen-bond donors (Lipinski definition) is 1. The third kappa shape index (κ3) is 3.85. The van der Waals surface area contributed by atoms with Crippen molar-refractivity contribution in [2.75, 3.05) is 5.75 Å². The van der Waals surface area contributed by atoms with Crippen LogP contribution in [-0.2, 0) is 9.84 Å². The molecule has 0 aromatic heterocycles. The Balaban J connectivity index is 3.11. The highest BCUT2D eigenvalue weighted by atomic mass is 35.5. The van der Waals surface area contributed by atoms with Crippen LogP contribution in [-0.4, -0.2) is 20.2 Å². The van der Waals surface area contributed by atoms with Gasteiger partial charge in [-0.25, -0.2) is 8.42 Å². The molecule has 1 aromatic rings. The quantitative estimate of drug-likeness (QED) is 0.933. The first kappa shape index (κ1) is 15.8. The summed E-state index contributed by atoms with van der Waals surface area (Å²) in [5, 5.41) is 0.503. The van der Waals surface area contributed by atoms with E-state index in [4.69, 9.17) is 28.9 Å². The van der Waals surface area contributed by atoms with E-state index in [0.717, 1.165) is 0 Å². The maximum absolute atomic E-state index is 12.2. The first-order valence-corrected chi connectivity index (χ1v) is 7.88. The zero-order chi connectivity index (χ0) is 14.1. The van der Waals surface area contributed by atoms with E-state index in [0.29, 0.717) is 5.02 Å². The molecule has 0 radical (unpaired) electrons. The molecule has 1 unspecified atom stereocenters. The van der Waals surface area contributed by atoms with Crippen molar-refractivity contribution in [1.29, 1.82) is 0 Å². The molecule has 6 heteroatoms. The lowest BCUT2D eigenvalue weighted by Crippen LogP contribution is -2.41. The lowest BCUT2D eigenvalue weighted by molar-refractivity contribution is 0.340. The van der Waals surface area contributed by atoms with E-state index >= 15 is 0 Å². The lowest BCUT2D eigenvalue weighted by Gasteiger charge is -2.26. The van der Waals surface area contributed by atoms with E-state index in [-0.39, 0.29) is 21.1 Å². The second kappa shape index (κ2) is 5.37. The summed E-state index contributed by atoms with van der Waals surface area (Å²) in [4.78, 5) is 0.0383. The van der Waals surface area contributed by atoms with Crippen LogP contribution in [0.4, 0.5) is 0 Å². The van der Waals surface area contributed by atoms with Crippen LogP contribution in [0.15, 0.2) is 23.1 Å². The van der Waals surface area contributed by atoms with Crippen molar-refractivity contribution < 1.29 is 8.42 Å². The highest BCUT2D eigenvalue weighted by Gasteiger charge is 2.28. The van der Waals surface area contributed by atoms with Crippen LogP contribution < -0.4 is 5.73 Å². The van der Waals surface area contributed by atoms with Gasteiger partial charge in [0, 0.05) is 11.1 Å². The van der Waals surface area contributed by atoms with E-state index in [1.54, 1.807) is 6.07 Å². The Morgan fingerprint density at radius 3 is 2.33 bits per heavy atom. The second-order valence-corrected chi connectivity index (χ2v) is 8.17. The third-order valence-corrected chi connectivity index (χ3v) is 5.22. The molecule has 2 N–H and O–H groups in total. The summed E-state index contributed by atoms with van der Waals surface area (Å²) in [5.74, 6) is -0.156. The fourth-order valence-electron chi connectivity index (χ4n) is 1.29. The molecule has 0 bridgehead atoms. The van der Waals surface area contributed by atoms with Crippen LogP contribution in [0.1, 0.15) is 20.8 Å². The van der Waals surface area contributed by atoms with Gasteiger partial charge in [0.05, 0.1) is 15.7 Å². The van der Waals surface area contributed by atoms with Crippen LogP contribution in [0.25, 0.3) is 0 Å². The summed E-state index contributed by atoms with van der Waals surface area (Å²) >= 11 is 11.7. The van der Waals surface area contributed by atoms with E-state index in [2.05, 4.69) is 0 Å². The number of rotatable bonds is 3. The summed E-state index contributed by atoms with van der Waals surface area (Å²) in [6, 6.07) is 3.90. The molecule has 1 aromatic carbocycles. The van der Waals surface area contributed by atoms with E-state index in [1.807, 2.05) is 20.8 Å². The van der Waals surface area contributed by atoms with Crippen molar-refractivity contribution in [3.63, 3.8) is 0 Å². The molecule has 0 aliphatic carbocycles. The lowest BCUT2D eigenvalue weighted by atomic mass is 9.89. The molecule has 18 heavy (non-hydrogen) atoms. The predicted molar refractivity (Wildman–Crippen MR) is 75.9 cm³/mol. The molecule has 0 heterocycles. The Hall–Kier alpha value is -0.290. The van der Waals surface area contributed by atoms with Crippen molar-refractivity contribution in [3.05, 3.63) is 28.2 Å². The van der Waals surface area contributed by atoms with Crippen LogP contribution in [0.3, 0.4) is 0 Å². The van der Waals surface area contributed by atoms with Crippen LogP contribution in [0.2, 0.25) is 10.0 Å².